The van der Waals surface area contributed by atoms with E-state index in [-0.39, 0.29) is 10.5 Å². The van der Waals surface area contributed by atoms with Crippen molar-refractivity contribution in [2.24, 2.45) is 5.92 Å². The highest BCUT2D eigenvalue weighted by molar-refractivity contribution is 7.89. The summed E-state index contributed by atoms with van der Waals surface area (Å²) in [6.07, 6.45) is 1.74. The first-order valence-corrected chi connectivity index (χ1v) is 7.68. The second-order valence-corrected chi connectivity index (χ2v) is 6.26. The van der Waals surface area contributed by atoms with Crippen molar-refractivity contribution >= 4 is 10.0 Å². The summed E-state index contributed by atoms with van der Waals surface area (Å²) in [5.74, 6) is 0.425. The zero-order valence-corrected chi connectivity index (χ0v) is 11.3. The van der Waals surface area contributed by atoms with Crippen LogP contribution in [-0.2, 0) is 14.8 Å². The molecule has 0 aliphatic carbocycles. The van der Waals surface area contributed by atoms with Crippen LogP contribution in [0.2, 0.25) is 0 Å². The van der Waals surface area contributed by atoms with E-state index < -0.39 is 10.0 Å². The lowest BCUT2D eigenvalue weighted by molar-refractivity contribution is 0.184. The van der Waals surface area contributed by atoms with Crippen LogP contribution >= 0.6 is 0 Å². The summed E-state index contributed by atoms with van der Waals surface area (Å²) in [4.78, 5) is 0.0418. The van der Waals surface area contributed by atoms with Gasteiger partial charge in [-0.1, -0.05) is 12.1 Å². The number of nitrogens with one attached hydrogen (secondary N) is 1. The Hall–Kier alpha value is -1.42. The van der Waals surface area contributed by atoms with Crippen LogP contribution in [0.15, 0.2) is 29.2 Å². The highest BCUT2D eigenvalue weighted by atomic mass is 32.2. The van der Waals surface area contributed by atoms with Gasteiger partial charge in [-0.2, -0.15) is 5.26 Å². The molecule has 102 valence electrons. The Morgan fingerprint density at radius 2 is 2.21 bits per heavy atom. The Morgan fingerprint density at radius 3 is 2.89 bits per heavy atom. The third-order valence-corrected chi connectivity index (χ3v) is 4.68. The van der Waals surface area contributed by atoms with Crippen LogP contribution in [-0.4, -0.2) is 28.2 Å². The summed E-state index contributed by atoms with van der Waals surface area (Å²) in [6, 6.07) is 8.10. The first-order valence-electron chi connectivity index (χ1n) is 6.20. The molecular formula is C13H16N2O3S. The fraction of sp³-hybridized carbons (Fsp3) is 0.462. The predicted octanol–water partition coefficient (Wildman–Crippen LogP) is 1.26. The van der Waals surface area contributed by atoms with Crippen molar-refractivity contribution < 1.29 is 13.2 Å². The quantitative estimate of drug-likeness (QED) is 0.880. The van der Waals surface area contributed by atoms with Gasteiger partial charge in [0.2, 0.25) is 10.0 Å². The summed E-state index contributed by atoms with van der Waals surface area (Å²) >= 11 is 0. The lowest BCUT2D eigenvalue weighted by atomic mass is 10.1. The zero-order chi connectivity index (χ0) is 13.7. The number of nitrogens with zero attached hydrogens (tertiary/aromatic N) is 1. The molecule has 0 radical (unpaired) electrons. The van der Waals surface area contributed by atoms with Crippen molar-refractivity contribution in [3.8, 4) is 6.07 Å². The van der Waals surface area contributed by atoms with Gasteiger partial charge in [0.05, 0.1) is 10.5 Å². The molecule has 1 fully saturated rings. The van der Waals surface area contributed by atoms with Crippen molar-refractivity contribution in [3.63, 3.8) is 0 Å². The molecule has 1 aromatic carbocycles. The van der Waals surface area contributed by atoms with E-state index in [4.69, 9.17) is 10.00 Å². The van der Waals surface area contributed by atoms with E-state index in [0.29, 0.717) is 19.1 Å². The predicted molar refractivity (Wildman–Crippen MR) is 69.9 cm³/mol. The van der Waals surface area contributed by atoms with Gasteiger partial charge in [-0.15, -0.1) is 0 Å². The highest BCUT2D eigenvalue weighted by Gasteiger charge is 2.20. The minimum atomic E-state index is -3.61. The molecule has 2 rings (SSSR count). The molecule has 0 spiro atoms. The summed E-state index contributed by atoms with van der Waals surface area (Å²) in [7, 11) is -3.61. The van der Waals surface area contributed by atoms with E-state index >= 15 is 0 Å². The maximum atomic E-state index is 12.1. The SMILES string of the molecule is N#Cc1ccccc1S(=O)(=O)NCCC1CCOC1. The second-order valence-electron chi connectivity index (χ2n) is 4.52. The molecule has 1 unspecified atom stereocenters. The number of nitriles is 1. The van der Waals surface area contributed by atoms with Crippen molar-refractivity contribution in [1.29, 1.82) is 5.26 Å². The minimum Gasteiger partial charge on any atom is -0.381 e. The van der Waals surface area contributed by atoms with Crippen LogP contribution in [0.5, 0.6) is 0 Å². The normalized spacial score (nSPS) is 19.2. The molecule has 1 atom stereocenters. The number of sulfonamides is 1. The largest absolute Gasteiger partial charge is 0.381 e. The number of ether oxygens (including phenoxy) is 1. The van der Waals surface area contributed by atoms with E-state index in [9.17, 15) is 8.42 Å². The monoisotopic (exact) mass is 280 g/mol. The molecule has 6 heteroatoms. The molecule has 19 heavy (non-hydrogen) atoms. The summed E-state index contributed by atoms with van der Waals surface area (Å²) in [6.45, 7) is 1.83. The van der Waals surface area contributed by atoms with Crippen molar-refractivity contribution in [3.05, 3.63) is 29.8 Å². The van der Waals surface area contributed by atoms with Crippen LogP contribution in [0, 0.1) is 17.2 Å². The fourth-order valence-corrected chi connectivity index (χ4v) is 3.28. The van der Waals surface area contributed by atoms with Gasteiger partial charge in [0.25, 0.3) is 0 Å². The van der Waals surface area contributed by atoms with Crippen LogP contribution in [0.1, 0.15) is 18.4 Å². The molecule has 0 amide bonds. The van der Waals surface area contributed by atoms with E-state index in [1.54, 1.807) is 12.1 Å². The van der Waals surface area contributed by atoms with Crippen LogP contribution in [0.4, 0.5) is 0 Å². The van der Waals surface area contributed by atoms with Gasteiger partial charge in [0.1, 0.15) is 6.07 Å². The number of rotatable bonds is 5. The van der Waals surface area contributed by atoms with E-state index in [1.165, 1.54) is 12.1 Å². The first-order chi connectivity index (χ1) is 9.13. The fourth-order valence-electron chi connectivity index (χ4n) is 2.08. The molecule has 1 saturated heterocycles. The van der Waals surface area contributed by atoms with Crippen LogP contribution in [0.25, 0.3) is 0 Å². The Kier molecular flexibility index (Phi) is 4.53. The Balaban J connectivity index is 1.99. The first kappa shape index (κ1) is 14.0. The Bertz CT molecular complexity index is 572. The average molecular weight is 280 g/mol. The molecule has 1 heterocycles. The maximum Gasteiger partial charge on any atom is 0.241 e. The van der Waals surface area contributed by atoms with E-state index in [0.717, 1.165) is 19.4 Å². The number of hydrogen-bond acceptors (Lipinski definition) is 4. The van der Waals surface area contributed by atoms with Gasteiger partial charge in [0, 0.05) is 19.8 Å². The second kappa shape index (κ2) is 6.15. The van der Waals surface area contributed by atoms with Gasteiger partial charge in [0.15, 0.2) is 0 Å². The molecule has 1 aromatic rings. The van der Waals surface area contributed by atoms with Crippen LogP contribution in [0.3, 0.4) is 0 Å². The molecule has 0 bridgehead atoms. The van der Waals surface area contributed by atoms with Gasteiger partial charge >= 0.3 is 0 Å². The summed E-state index contributed by atoms with van der Waals surface area (Å²) in [5, 5.41) is 8.92. The molecular weight excluding hydrogens is 264 g/mol. The Labute approximate surface area is 113 Å². The molecule has 1 aliphatic heterocycles. The summed E-state index contributed by atoms with van der Waals surface area (Å²) in [5.41, 5.74) is 0.166. The zero-order valence-electron chi connectivity index (χ0n) is 10.5. The maximum absolute atomic E-state index is 12.1. The smallest absolute Gasteiger partial charge is 0.241 e. The third kappa shape index (κ3) is 3.53. The van der Waals surface area contributed by atoms with E-state index in [1.807, 2.05) is 6.07 Å². The topological polar surface area (TPSA) is 79.2 Å². The lowest BCUT2D eigenvalue weighted by Gasteiger charge is -2.10. The third-order valence-electron chi connectivity index (χ3n) is 3.17. The molecule has 5 nitrogen and oxygen atoms in total. The van der Waals surface area contributed by atoms with Gasteiger partial charge < -0.3 is 4.74 Å². The number of benzene rings is 1. The molecule has 1 N–H and O–H groups in total. The van der Waals surface area contributed by atoms with Crippen molar-refractivity contribution in [1.82, 2.24) is 4.72 Å². The average Bonchev–Trinajstić information content (AvgIpc) is 2.91. The van der Waals surface area contributed by atoms with Crippen molar-refractivity contribution in [2.45, 2.75) is 17.7 Å². The highest BCUT2D eigenvalue weighted by Crippen LogP contribution is 2.17. The van der Waals surface area contributed by atoms with Gasteiger partial charge in [-0.05, 0) is 30.9 Å². The van der Waals surface area contributed by atoms with Crippen molar-refractivity contribution in [2.75, 3.05) is 19.8 Å². The Morgan fingerprint density at radius 1 is 1.42 bits per heavy atom. The lowest BCUT2D eigenvalue weighted by Crippen LogP contribution is -2.27. The molecule has 0 saturated carbocycles. The number of hydrogen-bond donors (Lipinski definition) is 1. The minimum absolute atomic E-state index is 0.0418. The van der Waals surface area contributed by atoms with Crippen LogP contribution < -0.4 is 4.72 Å². The molecule has 0 aromatic heterocycles. The summed E-state index contributed by atoms with van der Waals surface area (Å²) < 4.78 is 32.0. The van der Waals surface area contributed by atoms with Gasteiger partial charge in [-0.25, -0.2) is 13.1 Å². The standard InChI is InChI=1S/C13H16N2O3S/c14-9-12-3-1-2-4-13(12)19(16,17)15-7-5-11-6-8-18-10-11/h1-4,11,15H,5-8,10H2. The van der Waals surface area contributed by atoms with E-state index in [2.05, 4.69) is 4.72 Å². The molecule has 1 aliphatic rings. The van der Waals surface area contributed by atoms with Gasteiger partial charge in [-0.3, -0.25) is 0 Å².